The van der Waals surface area contributed by atoms with Crippen LogP contribution < -0.4 is 5.11 Å². The van der Waals surface area contributed by atoms with E-state index in [9.17, 15) is 9.90 Å². The van der Waals surface area contributed by atoms with Gasteiger partial charge in [0.2, 0.25) is 0 Å². The summed E-state index contributed by atoms with van der Waals surface area (Å²) in [5.74, 6) is -0.448. The molecule has 166 valence electrons. The minimum Gasteiger partial charge on any atom is -0.834 e. The van der Waals surface area contributed by atoms with Crippen LogP contribution in [0.5, 0.6) is 0 Å². The summed E-state index contributed by atoms with van der Waals surface area (Å²) in [7, 11) is 2.27. The van der Waals surface area contributed by atoms with Gasteiger partial charge in [-0.15, -0.1) is 0 Å². The molecule has 0 bridgehead atoms. The first-order chi connectivity index (χ1) is 15.5. The molecule has 1 aliphatic rings. The molecular formula is C28H31NO3. The van der Waals surface area contributed by atoms with Gasteiger partial charge in [-0.25, -0.2) is 0 Å². The highest BCUT2D eigenvalue weighted by atomic mass is 16.5. The van der Waals surface area contributed by atoms with Gasteiger partial charge in [-0.1, -0.05) is 91.0 Å². The van der Waals surface area contributed by atoms with Crippen LogP contribution in [0.3, 0.4) is 0 Å². The number of benzene rings is 3. The fraction of sp³-hybridized carbons (Fsp3) is 0.321. The van der Waals surface area contributed by atoms with Crippen LogP contribution in [0.15, 0.2) is 91.0 Å². The molecule has 4 rings (SSSR count). The summed E-state index contributed by atoms with van der Waals surface area (Å²) in [5, 5.41) is 13.9. The van der Waals surface area contributed by atoms with Gasteiger partial charge in [0.25, 0.3) is 0 Å². The summed E-state index contributed by atoms with van der Waals surface area (Å²) in [4.78, 5) is 13.2. The predicted octanol–water partition coefficient (Wildman–Crippen LogP) is 3.54. The molecule has 0 saturated carbocycles. The quantitative estimate of drug-likeness (QED) is 0.407. The highest BCUT2D eigenvalue weighted by Crippen LogP contribution is 2.29. The molecule has 1 heterocycles. The largest absolute Gasteiger partial charge is 0.834 e. The van der Waals surface area contributed by atoms with Crippen LogP contribution in [0.25, 0.3) is 0 Å². The SMILES string of the molecule is C[N+]1(CCc2ccccc2)CC[C@H](COC(=O)C([O-])(c2ccccc2)c2ccccc2)C1. The van der Waals surface area contributed by atoms with Crippen molar-refractivity contribution in [1.82, 2.24) is 0 Å². The highest BCUT2D eigenvalue weighted by Gasteiger charge is 2.37. The van der Waals surface area contributed by atoms with Gasteiger partial charge in [0.05, 0.1) is 33.3 Å². The van der Waals surface area contributed by atoms with Gasteiger partial charge in [-0.3, -0.25) is 4.79 Å². The molecule has 1 unspecified atom stereocenters. The number of esters is 1. The fourth-order valence-electron chi connectivity index (χ4n) is 4.73. The third-order valence-electron chi connectivity index (χ3n) is 6.66. The number of ether oxygens (including phenoxy) is 1. The zero-order chi connectivity index (χ0) is 22.4. The third kappa shape index (κ3) is 4.93. The van der Waals surface area contributed by atoms with Gasteiger partial charge in [0.1, 0.15) is 0 Å². The van der Waals surface area contributed by atoms with Gasteiger partial charge in [-0.2, -0.15) is 0 Å². The van der Waals surface area contributed by atoms with Crippen LogP contribution in [-0.2, 0) is 21.6 Å². The van der Waals surface area contributed by atoms with E-state index in [0.29, 0.717) is 17.7 Å². The summed E-state index contributed by atoms with van der Waals surface area (Å²) < 4.78 is 6.66. The minimum absolute atomic E-state index is 0.274. The maximum atomic E-state index is 13.9. The van der Waals surface area contributed by atoms with Crippen molar-refractivity contribution in [3.63, 3.8) is 0 Å². The first-order valence-corrected chi connectivity index (χ1v) is 11.4. The van der Waals surface area contributed by atoms with Crippen LogP contribution in [0.1, 0.15) is 23.1 Å². The van der Waals surface area contributed by atoms with Crippen molar-refractivity contribution in [2.45, 2.75) is 18.4 Å². The van der Waals surface area contributed by atoms with Crippen molar-refractivity contribution >= 4 is 5.97 Å². The average Bonchev–Trinajstić information content (AvgIpc) is 3.23. The van der Waals surface area contributed by atoms with Gasteiger partial charge < -0.3 is 14.3 Å². The maximum absolute atomic E-state index is 13.9. The number of likely N-dealkylation sites (tertiary alicyclic amines) is 1. The van der Waals surface area contributed by atoms with Crippen LogP contribution in [0.4, 0.5) is 0 Å². The Labute approximate surface area is 190 Å². The van der Waals surface area contributed by atoms with E-state index in [1.54, 1.807) is 48.5 Å². The number of hydrogen-bond donors (Lipinski definition) is 0. The molecule has 0 aromatic heterocycles. The number of rotatable bonds is 8. The molecule has 32 heavy (non-hydrogen) atoms. The summed E-state index contributed by atoms with van der Waals surface area (Å²) >= 11 is 0. The van der Waals surface area contributed by atoms with Crippen molar-refractivity contribution in [3.05, 3.63) is 108 Å². The summed E-state index contributed by atoms with van der Waals surface area (Å²) in [6.07, 6.45) is 2.04. The lowest BCUT2D eigenvalue weighted by Crippen LogP contribution is -2.50. The number of carbonyl (C=O) groups is 1. The Balaban J connectivity index is 1.40. The molecule has 3 aromatic carbocycles. The topological polar surface area (TPSA) is 49.4 Å². The van der Waals surface area contributed by atoms with Crippen LogP contribution in [-0.4, -0.2) is 43.7 Å². The highest BCUT2D eigenvalue weighted by molar-refractivity contribution is 5.85. The fourth-order valence-corrected chi connectivity index (χ4v) is 4.73. The normalized spacial score (nSPS) is 20.8. The molecule has 0 spiro atoms. The average molecular weight is 430 g/mol. The Hall–Kier alpha value is -2.95. The summed E-state index contributed by atoms with van der Waals surface area (Å²) in [6, 6.07) is 28.2. The van der Waals surface area contributed by atoms with E-state index >= 15 is 0 Å². The van der Waals surface area contributed by atoms with E-state index in [1.165, 1.54) is 5.56 Å². The monoisotopic (exact) mass is 429 g/mol. The second-order valence-corrected chi connectivity index (χ2v) is 9.15. The summed E-state index contributed by atoms with van der Waals surface area (Å²) in [5.41, 5.74) is 0.104. The number of hydrogen-bond acceptors (Lipinski definition) is 3. The Kier molecular flexibility index (Phi) is 6.73. The van der Waals surface area contributed by atoms with E-state index in [-0.39, 0.29) is 5.92 Å². The number of quaternary nitrogens is 1. The van der Waals surface area contributed by atoms with E-state index in [4.69, 9.17) is 4.74 Å². The molecule has 4 nitrogen and oxygen atoms in total. The molecular weight excluding hydrogens is 398 g/mol. The van der Waals surface area contributed by atoms with Crippen molar-refractivity contribution in [2.75, 3.05) is 33.3 Å². The predicted molar refractivity (Wildman–Crippen MR) is 124 cm³/mol. The second kappa shape index (κ2) is 9.68. The lowest BCUT2D eigenvalue weighted by molar-refractivity contribution is -0.898. The van der Waals surface area contributed by atoms with Crippen molar-refractivity contribution in [3.8, 4) is 0 Å². The lowest BCUT2D eigenvalue weighted by Gasteiger charge is -2.39. The van der Waals surface area contributed by atoms with E-state index < -0.39 is 11.6 Å². The van der Waals surface area contributed by atoms with Crippen molar-refractivity contribution < 1.29 is 19.1 Å². The zero-order valence-corrected chi connectivity index (χ0v) is 18.7. The van der Waals surface area contributed by atoms with Crippen molar-refractivity contribution in [2.24, 2.45) is 5.92 Å². The van der Waals surface area contributed by atoms with Crippen LogP contribution in [0.2, 0.25) is 0 Å². The molecule has 0 aliphatic carbocycles. The van der Waals surface area contributed by atoms with Gasteiger partial charge in [-0.05, 0) is 16.7 Å². The number of nitrogens with zero attached hydrogens (tertiary/aromatic N) is 1. The molecule has 0 radical (unpaired) electrons. The maximum Gasteiger partial charge on any atom is 0.304 e. The first-order valence-electron chi connectivity index (χ1n) is 11.4. The van der Waals surface area contributed by atoms with Gasteiger partial charge in [0.15, 0.2) is 0 Å². The van der Waals surface area contributed by atoms with Gasteiger partial charge in [0, 0.05) is 24.4 Å². The molecule has 0 amide bonds. The van der Waals surface area contributed by atoms with Crippen LogP contribution >= 0.6 is 0 Å². The van der Waals surface area contributed by atoms with Crippen LogP contribution in [0, 0.1) is 5.92 Å². The molecule has 3 aromatic rings. The second-order valence-electron chi connectivity index (χ2n) is 9.15. The molecule has 4 heteroatoms. The molecule has 0 N–H and O–H groups in total. The minimum atomic E-state index is -2.06. The Bertz CT molecular complexity index is 967. The first kappa shape index (κ1) is 22.3. The standard InChI is InChI=1S/C28H31NO3/c1-29(19-17-23-11-5-2-6-12-23)20-18-24(21-29)22-32-27(30)28(31,25-13-7-3-8-14-25)26-15-9-4-10-16-26/h2-16,24H,17-22H2,1H3/t24-,29?/m0/s1. The molecule has 1 fully saturated rings. The Morgan fingerprint density at radius 3 is 2.03 bits per heavy atom. The molecule has 1 saturated heterocycles. The zero-order valence-electron chi connectivity index (χ0n) is 18.7. The Morgan fingerprint density at radius 2 is 1.47 bits per heavy atom. The van der Waals surface area contributed by atoms with E-state index in [1.807, 2.05) is 18.2 Å². The lowest BCUT2D eigenvalue weighted by atomic mass is 9.86. The third-order valence-corrected chi connectivity index (χ3v) is 6.66. The number of carbonyl (C=O) groups excluding carboxylic acids is 1. The molecule has 2 atom stereocenters. The van der Waals surface area contributed by atoms with Crippen molar-refractivity contribution in [1.29, 1.82) is 0 Å². The van der Waals surface area contributed by atoms with E-state index in [0.717, 1.165) is 37.0 Å². The Morgan fingerprint density at radius 1 is 0.938 bits per heavy atom. The summed E-state index contributed by atoms with van der Waals surface area (Å²) in [6.45, 7) is 3.38. The van der Waals surface area contributed by atoms with E-state index in [2.05, 4.69) is 31.3 Å². The molecule has 1 aliphatic heterocycles. The van der Waals surface area contributed by atoms with Gasteiger partial charge >= 0.3 is 5.97 Å². The smallest absolute Gasteiger partial charge is 0.304 e. The number of likely N-dealkylation sites (N-methyl/N-ethyl adjacent to an activating group) is 1.